The summed E-state index contributed by atoms with van der Waals surface area (Å²) in [5, 5.41) is 3.54. The second-order valence-corrected chi connectivity index (χ2v) is 5.21. The molecule has 0 radical (unpaired) electrons. The predicted octanol–water partition coefficient (Wildman–Crippen LogP) is 2.26. The van der Waals surface area contributed by atoms with Crippen LogP contribution in [0.15, 0.2) is 18.2 Å². The molecule has 1 saturated carbocycles. The Balaban J connectivity index is 1.73. The normalized spacial score (nSPS) is 27.2. The first-order valence-electron chi connectivity index (χ1n) is 6.59. The number of benzene rings is 1. The Labute approximate surface area is 107 Å². The molecule has 2 unspecified atom stereocenters. The highest BCUT2D eigenvalue weighted by Crippen LogP contribution is 2.39. The third-order valence-electron chi connectivity index (χ3n) is 3.74. The fourth-order valence-electron chi connectivity index (χ4n) is 2.69. The van der Waals surface area contributed by atoms with Crippen molar-refractivity contribution in [3.63, 3.8) is 0 Å². The maximum absolute atomic E-state index is 5.86. The molecule has 3 rings (SSSR count). The Morgan fingerprint density at radius 1 is 1.28 bits per heavy atom. The second kappa shape index (κ2) is 4.69. The van der Waals surface area contributed by atoms with E-state index in [0.717, 1.165) is 36.1 Å². The Morgan fingerprint density at radius 2 is 2.11 bits per heavy atom. The molecule has 0 amide bonds. The lowest BCUT2D eigenvalue weighted by Gasteiger charge is -2.21. The molecule has 2 aliphatic rings. The maximum atomic E-state index is 5.86. The van der Waals surface area contributed by atoms with Gasteiger partial charge in [0.15, 0.2) is 0 Å². The Hall–Kier alpha value is -1.42. The number of anilines is 2. The molecule has 0 spiro atoms. The van der Waals surface area contributed by atoms with Crippen molar-refractivity contribution in [3.05, 3.63) is 18.2 Å². The van der Waals surface area contributed by atoms with Gasteiger partial charge in [-0.2, -0.15) is 0 Å². The molecule has 1 aromatic carbocycles. The van der Waals surface area contributed by atoms with Crippen LogP contribution in [0, 0.1) is 5.92 Å². The van der Waals surface area contributed by atoms with Crippen molar-refractivity contribution < 1.29 is 9.47 Å². The molecule has 1 aliphatic heterocycles. The summed E-state index contributed by atoms with van der Waals surface area (Å²) in [6.45, 7) is 0.859. The van der Waals surface area contributed by atoms with Crippen molar-refractivity contribution in [1.29, 1.82) is 0 Å². The van der Waals surface area contributed by atoms with Gasteiger partial charge in [0.05, 0.1) is 19.3 Å². The van der Waals surface area contributed by atoms with E-state index in [1.807, 2.05) is 18.2 Å². The van der Waals surface area contributed by atoms with Gasteiger partial charge in [0.1, 0.15) is 5.75 Å². The van der Waals surface area contributed by atoms with E-state index in [4.69, 9.17) is 15.2 Å². The number of nitrogens with one attached hydrogen (secondary N) is 1. The molecule has 3 N–H and O–H groups in total. The van der Waals surface area contributed by atoms with E-state index >= 15 is 0 Å². The highest BCUT2D eigenvalue weighted by atomic mass is 16.5. The van der Waals surface area contributed by atoms with Crippen LogP contribution in [0.3, 0.4) is 0 Å². The Morgan fingerprint density at radius 3 is 2.83 bits per heavy atom. The number of ether oxygens (including phenoxy) is 2. The zero-order valence-electron chi connectivity index (χ0n) is 10.7. The fraction of sp³-hybridized carbons (Fsp3) is 0.571. The Bertz CT molecular complexity index is 432. The van der Waals surface area contributed by atoms with Gasteiger partial charge in [0.2, 0.25) is 0 Å². The standard InChI is InChI=1S/C14H20N2O2/c1-17-12-7-10(15)6-11(8-12)16-13-4-5-18-14(13)9-2-3-9/h6-9,13-14,16H,2-5,15H2,1H3. The first-order chi connectivity index (χ1) is 8.76. The van der Waals surface area contributed by atoms with Crippen molar-refractivity contribution in [3.8, 4) is 5.75 Å². The summed E-state index contributed by atoms with van der Waals surface area (Å²) >= 11 is 0. The van der Waals surface area contributed by atoms with E-state index in [1.165, 1.54) is 12.8 Å². The number of nitrogens with two attached hydrogens (primary N) is 1. The van der Waals surface area contributed by atoms with E-state index in [0.29, 0.717) is 12.1 Å². The minimum Gasteiger partial charge on any atom is -0.497 e. The summed E-state index contributed by atoms with van der Waals surface area (Å²) in [7, 11) is 1.66. The monoisotopic (exact) mass is 248 g/mol. The highest BCUT2D eigenvalue weighted by Gasteiger charge is 2.40. The zero-order valence-corrected chi connectivity index (χ0v) is 10.7. The van der Waals surface area contributed by atoms with Gasteiger partial charge in [-0.3, -0.25) is 0 Å². The van der Waals surface area contributed by atoms with E-state index < -0.39 is 0 Å². The lowest BCUT2D eigenvalue weighted by atomic mass is 10.1. The van der Waals surface area contributed by atoms with Crippen LogP contribution in [0.4, 0.5) is 11.4 Å². The molecule has 1 aliphatic carbocycles. The molecule has 0 bridgehead atoms. The largest absolute Gasteiger partial charge is 0.497 e. The maximum Gasteiger partial charge on any atom is 0.122 e. The molecule has 4 heteroatoms. The van der Waals surface area contributed by atoms with E-state index in [2.05, 4.69) is 5.32 Å². The van der Waals surface area contributed by atoms with Crippen molar-refractivity contribution in [1.82, 2.24) is 0 Å². The van der Waals surface area contributed by atoms with Crippen molar-refractivity contribution in [2.24, 2.45) is 5.92 Å². The third kappa shape index (κ3) is 2.38. The van der Waals surface area contributed by atoms with Gasteiger partial charge in [-0.25, -0.2) is 0 Å². The summed E-state index contributed by atoms with van der Waals surface area (Å²) in [5.41, 5.74) is 7.61. The molecule has 0 aromatic heterocycles. The molecular weight excluding hydrogens is 228 g/mol. The smallest absolute Gasteiger partial charge is 0.122 e. The van der Waals surface area contributed by atoms with Crippen molar-refractivity contribution in [2.45, 2.75) is 31.4 Å². The molecular formula is C14H20N2O2. The third-order valence-corrected chi connectivity index (χ3v) is 3.74. The van der Waals surface area contributed by atoms with Crippen LogP contribution in [0.25, 0.3) is 0 Å². The van der Waals surface area contributed by atoms with Gasteiger partial charge in [-0.1, -0.05) is 0 Å². The number of methoxy groups -OCH3 is 1. The van der Waals surface area contributed by atoms with Crippen LogP contribution in [0.5, 0.6) is 5.75 Å². The van der Waals surface area contributed by atoms with E-state index in [9.17, 15) is 0 Å². The van der Waals surface area contributed by atoms with Gasteiger partial charge in [-0.05, 0) is 31.2 Å². The number of hydrogen-bond acceptors (Lipinski definition) is 4. The van der Waals surface area contributed by atoms with Gasteiger partial charge < -0.3 is 20.5 Å². The highest BCUT2D eigenvalue weighted by molar-refractivity contribution is 5.59. The van der Waals surface area contributed by atoms with Crippen LogP contribution in [-0.4, -0.2) is 25.9 Å². The van der Waals surface area contributed by atoms with E-state index in [1.54, 1.807) is 7.11 Å². The molecule has 1 aromatic rings. The second-order valence-electron chi connectivity index (χ2n) is 5.21. The molecule has 2 atom stereocenters. The number of hydrogen-bond donors (Lipinski definition) is 2. The van der Waals surface area contributed by atoms with Gasteiger partial charge >= 0.3 is 0 Å². The first-order valence-corrected chi connectivity index (χ1v) is 6.59. The lowest BCUT2D eigenvalue weighted by Crippen LogP contribution is -2.30. The van der Waals surface area contributed by atoms with Crippen LogP contribution in [0.1, 0.15) is 19.3 Å². The molecule has 1 saturated heterocycles. The van der Waals surface area contributed by atoms with Crippen LogP contribution < -0.4 is 15.8 Å². The van der Waals surface area contributed by atoms with Crippen LogP contribution >= 0.6 is 0 Å². The van der Waals surface area contributed by atoms with Gasteiger partial charge in [0, 0.05) is 30.1 Å². The SMILES string of the molecule is COc1cc(N)cc(NC2CCOC2C2CC2)c1. The van der Waals surface area contributed by atoms with Crippen LogP contribution in [0.2, 0.25) is 0 Å². The minimum absolute atomic E-state index is 0.373. The fourth-order valence-corrected chi connectivity index (χ4v) is 2.69. The zero-order chi connectivity index (χ0) is 12.5. The summed E-state index contributed by atoms with van der Waals surface area (Å²) in [6, 6.07) is 6.17. The van der Waals surface area contributed by atoms with Gasteiger partial charge in [-0.15, -0.1) is 0 Å². The summed E-state index contributed by atoms with van der Waals surface area (Å²) in [6.07, 6.45) is 4.06. The number of nitrogen functional groups attached to an aromatic ring is 1. The van der Waals surface area contributed by atoms with E-state index in [-0.39, 0.29) is 0 Å². The number of rotatable bonds is 4. The van der Waals surface area contributed by atoms with Crippen LogP contribution in [-0.2, 0) is 4.74 Å². The summed E-state index contributed by atoms with van der Waals surface area (Å²) in [5.74, 6) is 1.55. The first kappa shape index (κ1) is 11.7. The topological polar surface area (TPSA) is 56.5 Å². The predicted molar refractivity (Wildman–Crippen MR) is 71.9 cm³/mol. The average Bonchev–Trinajstić information content (AvgIpc) is 3.10. The van der Waals surface area contributed by atoms with Crippen molar-refractivity contribution >= 4 is 11.4 Å². The summed E-state index contributed by atoms with van der Waals surface area (Å²) in [4.78, 5) is 0. The van der Waals surface area contributed by atoms with Gasteiger partial charge in [0.25, 0.3) is 0 Å². The quantitative estimate of drug-likeness (QED) is 0.802. The lowest BCUT2D eigenvalue weighted by molar-refractivity contribution is 0.0898. The average molecular weight is 248 g/mol. The molecule has 98 valence electrons. The molecule has 1 heterocycles. The molecule has 4 nitrogen and oxygen atoms in total. The minimum atomic E-state index is 0.373. The molecule has 2 fully saturated rings. The summed E-state index contributed by atoms with van der Waals surface area (Å²) < 4.78 is 11.1. The Kier molecular flexibility index (Phi) is 3.04. The van der Waals surface area contributed by atoms with Crippen molar-refractivity contribution in [2.75, 3.05) is 24.8 Å². The molecule has 18 heavy (non-hydrogen) atoms.